The van der Waals surface area contributed by atoms with Crippen LogP contribution in [0.2, 0.25) is 0 Å². The minimum atomic E-state index is -0.843. The first kappa shape index (κ1) is 38.5. The van der Waals surface area contributed by atoms with Gasteiger partial charge < -0.3 is 24.5 Å². The molecule has 1 aromatic carbocycles. The molecule has 3 heterocycles. The Balaban J connectivity index is 1.86. The van der Waals surface area contributed by atoms with Crippen LogP contribution in [-0.2, 0) is 14.4 Å². The van der Waals surface area contributed by atoms with Crippen molar-refractivity contribution in [2.75, 3.05) is 31.2 Å². The lowest BCUT2D eigenvalue weighted by molar-refractivity contribution is -0.150. The number of carbonyl (C=O) groups is 3. The number of carbonyl (C=O) groups excluding carboxylic acids is 3. The van der Waals surface area contributed by atoms with Gasteiger partial charge in [0.15, 0.2) is 0 Å². The number of amides is 3. The van der Waals surface area contributed by atoms with Gasteiger partial charge in [0.1, 0.15) is 11.8 Å². The lowest BCUT2D eigenvalue weighted by atomic mass is 9.70. The fourth-order valence-corrected chi connectivity index (χ4v) is 12.2. The number of hydrogen-bond acceptors (Lipinski definition) is 6. The third kappa shape index (κ3) is 7.00. The molecular weight excluding hydrogens is 690 g/mol. The zero-order valence-electron chi connectivity index (χ0n) is 30.1. The van der Waals surface area contributed by atoms with Gasteiger partial charge in [-0.25, -0.2) is 0 Å². The molecule has 3 unspecified atom stereocenters. The molecule has 10 heteroatoms. The highest BCUT2D eigenvalue weighted by atomic mass is 79.9. The van der Waals surface area contributed by atoms with Gasteiger partial charge >= 0.3 is 0 Å². The molecule has 3 amide bonds. The Morgan fingerprint density at radius 2 is 1.75 bits per heavy atom. The number of rotatable bonds is 15. The number of aliphatic hydroxyl groups excluding tert-OH is 1. The van der Waals surface area contributed by atoms with Crippen LogP contribution in [0.1, 0.15) is 74.7 Å². The maximum atomic E-state index is 15.3. The van der Waals surface area contributed by atoms with Crippen LogP contribution in [0.4, 0.5) is 5.69 Å². The summed E-state index contributed by atoms with van der Waals surface area (Å²) in [5.74, 6) is -1.24. The number of hydrogen-bond donors (Lipinski definition) is 1. The van der Waals surface area contributed by atoms with Crippen molar-refractivity contribution >= 4 is 51.1 Å². The Labute approximate surface area is 300 Å². The average molecular weight is 747 g/mol. The van der Waals surface area contributed by atoms with E-state index in [1.807, 2.05) is 49.9 Å². The Bertz CT molecular complexity index is 1360. The fourth-order valence-electron chi connectivity index (χ4n) is 8.63. The second-order valence-electron chi connectivity index (χ2n) is 15.5. The second-order valence-corrected chi connectivity index (χ2v) is 18.2. The Hall–Kier alpha value is -2.30. The van der Waals surface area contributed by atoms with Crippen LogP contribution in [0.25, 0.3) is 0 Å². The molecule has 3 saturated heterocycles. The predicted molar refractivity (Wildman–Crippen MR) is 200 cm³/mol. The topological polar surface area (TPSA) is 90.4 Å². The van der Waals surface area contributed by atoms with Crippen LogP contribution in [0, 0.1) is 23.2 Å². The second kappa shape index (κ2) is 14.9. The van der Waals surface area contributed by atoms with Gasteiger partial charge in [-0.2, -0.15) is 0 Å². The normalized spacial score (nSPS) is 27.8. The first-order chi connectivity index (χ1) is 22.5. The summed E-state index contributed by atoms with van der Waals surface area (Å²) in [5.41, 5.74) is 0.0883. The molecule has 48 heavy (non-hydrogen) atoms. The van der Waals surface area contributed by atoms with E-state index >= 15 is 9.59 Å². The van der Waals surface area contributed by atoms with E-state index in [-0.39, 0.29) is 52.3 Å². The van der Waals surface area contributed by atoms with Crippen LogP contribution < -0.4 is 9.64 Å². The van der Waals surface area contributed by atoms with E-state index in [1.54, 1.807) is 33.7 Å². The number of fused-ring (bicyclic) bond motifs is 1. The van der Waals surface area contributed by atoms with E-state index in [0.29, 0.717) is 31.0 Å². The lowest BCUT2D eigenvalue weighted by Crippen LogP contribution is -2.62. The summed E-state index contributed by atoms with van der Waals surface area (Å²) < 4.78 is 4.79. The third-order valence-corrected chi connectivity index (χ3v) is 13.6. The molecule has 3 fully saturated rings. The summed E-state index contributed by atoms with van der Waals surface area (Å²) in [4.78, 5) is 50.3. The summed E-state index contributed by atoms with van der Waals surface area (Å²) in [7, 11) is 0. The summed E-state index contributed by atoms with van der Waals surface area (Å²) >= 11 is 5.54. The Kier molecular flexibility index (Phi) is 11.9. The minimum Gasteiger partial charge on any atom is -0.494 e. The largest absolute Gasteiger partial charge is 0.494 e. The monoisotopic (exact) mass is 745 g/mol. The summed E-state index contributed by atoms with van der Waals surface area (Å²) in [6.45, 7) is 25.4. The van der Waals surface area contributed by atoms with Crippen molar-refractivity contribution in [3.05, 3.63) is 49.6 Å². The van der Waals surface area contributed by atoms with Crippen LogP contribution in [0.3, 0.4) is 0 Å². The number of alkyl halides is 1. The molecule has 1 N–H and O–H groups in total. The van der Waals surface area contributed by atoms with Crippen LogP contribution >= 0.6 is 27.7 Å². The van der Waals surface area contributed by atoms with Gasteiger partial charge in [0.25, 0.3) is 0 Å². The molecule has 1 spiro atoms. The van der Waals surface area contributed by atoms with Crippen molar-refractivity contribution in [3.8, 4) is 5.75 Å². The van der Waals surface area contributed by atoms with Crippen molar-refractivity contribution < 1.29 is 24.2 Å². The van der Waals surface area contributed by atoms with E-state index in [2.05, 4.69) is 63.7 Å². The quantitative estimate of drug-likeness (QED) is 0.159. The Morgan fingerprint density at radius 3 is 2.27 bits per heavy atom. The van der Waals surface area contributed by atoms with Crippen molar-refractivity contribution in [2.24, 2.45) is 23.2 Å². The number of thioether (sulfide) groups is 1. The van der Waals surface area contributed by atoms with Crippen molar-refractivity contribution in [1.82, 2.24) is 9.80 Å². The maximum Gasteiger partial charge on any atom is 0.247 e. The van der Waals surface area contributed by atoms with Crippen LogP contribution in [0.5, 0.6) is 5.75 Å². The zero-order chi connectivity index (χ0) is 35.8. The number of likely N-dealkylation sites (tertiary alicyclic amines) is 1. The molecular formula is C38H56BrN3O5S. The van der Waals surface area contributed by atoms with Gasteiger partial charge in [-0.15, -0.1) is 24.9 Å². The molecule has 0 aromatic heterocycles. The number of benzene rings is 1. The number of nitrogens with zero attached hydrogens (tertiary/aromatic N) is 3. The standard InChI is InChI=1S/C38H56BrN3O5S/c1-11-19-40(25-15-17-26(18-16-25)47-14-4)33(44)29-30-34(45)42(28(22-43)24(5)13-3)32(38(30)21-27(39)31(29)48-38)35(46)41(20-12-2)37(9,10)23-36(6,7)8/h11-12,15-18,24,27-32,43H,1-2,13-14,19-23H2,3-10H3/t24-,27?,28-,29-,30-,31-,32?,38?/m0/s1. The third-order valence-electron chi connectivity index (χ3n) is 10.4. The van der Waals surface area contributed by atoms with Crippen molar-refractivity contribution in [3.63, 3.8) is 0 Å². The molecule has 0 aliphatic carbocycles. The number of aliphatic hydroxyl groups is 1. The molecule has 8 atom stereocenters. The van der Waals surface area contributed by atoms with Gasteiger partial charge in [0, 0.05) is 34.4 Å². The molecule has 4 rings (SSSR count). The SMILES string of the molecule is C=CCN(C(=O)[C@H]1[C@H]2C(=O)N([C@@H](CO)[C@@H](C)CC)C(C(=O)N(CC=C)C(C)(C)CC(C)(C)C)C23CC(Br)[C@@H]1S3)c1ccc(OCC)cc1. The molecule has 3 aliphatic heterocycles. The molecule has 8 nitrogen and oxygen atoms in total. The average Bonchev–Trinajstić information content (AvgIpc) is 3.61. The number of anilines is 1. The number of ether oxygens (including phenoxy) is 1. The fraction of sp³-hybridized carbons (Fsp3) is 0.658. The summed E-state index contributed by atoms with van der Waals surface area (Å²) in [6.07, 6.45) is 5.48. The summed E-state index contributed by atoms with van der Waals surface area (Å²) in [6, 6.07) is 6.00. The van der Waals surface area contributed by atoms with Gasteiger partial charge in [0.05, 0.1) is 35.8 Å². The van der Waals surface area contributed by atoms with Gasteiger partial charge in [-0.05, 0) is 69.2 Å². The van der Waals surface area contributed by atoms with Gasteiger partial charge in [-0.3, -0.25) is 14.4 Å². The van der Waals surface area contributed by atoms with E-state index < -0.39 is 34.2 Å². The van der Waals surface area contributed by atoms with Crippen molar-refractivity contribution in [1.29, 1.82) is 0 Å². The van der Waals surface area contributed by atoms with Gasteiger partial charge in [-0.1, -0.05) is 69.1 Å². The molecule has 266 valence electrons. The van der Waals surface area contributed by atoms with Crippen LogP contribution in [0.15, 0.2) is 49.6 Å². The highest BCUT2D eigenvalue weighted by molar-refractivity contribution is 9.09. The van der Waals surface area contributed by atoms with Crippen molar-refractivity contribution in [2.45, 2.75) is 107 Å². The first-order valence-corrected chi connectivity index (χ1v) is 19.1. The molecule has 0 radical (unpaired) electrons. The zero-order valence-corrected chi connectivity index (χ0v) is 32.5. The Morgan fingerprint density at radius 1 is 1.12 bits per heavy atom. The highest BCUT2D eigenvalue weighted by Crippen LogP contribution is 2.68. The van der Waals surface area contributed by atoms with Gasteiger partial charge in [0.2, 0.25) is 17.7 Å². The lowest BCUT2D eigenvalue weighted by Gasteiger charge is -2.47. The van der Waals surface area contributed by atoms with E-state index in [9.17, 15) is 9.90 Å². The minimum absolute atomic E-state index is 0.0582. The maximum absolute atomic E-state index is 15.3. The highest BCUT2D eigenvalue weighted by Gasteiger charge is 2.77. The predicted octanol–water partition coefficient (Wildman–Crippen LogP) is 6.71. The molecule has 1 aromatic rings. The number of halogens is 1. The van der Waals surface area contributed by atoms with E-state index in [1.165, 1.54) is 0 Å². The van der Waals surface area contributed by atoms with E-state index in [0.717, 1.165) is 12.8 Å². The van der Waals surface area contributed by atoms with Crippen LogP contribution in [-0.4, -0.2) is 91.4 Å². The molecule has 0 saturated carbocycles. The smallest absolute Gasteiger partial charge is 0.247 e. The first-order valence-electron chi connectivity index (χ1n) is 17.4. The summed E-state index contributed by atoms with van der Waals surface area (Å²) in [5, 5.41) is 10.6. The molecule has 3 aliphatic rings. The molecule has 2 bridgehead atoms. The van der Waals surface area contributed by atoms with E-state index in [4.69, 9.17) is 4.74 Å².